The number of carbonyl (C=O) groups is 1. The highest BCUT2D eigenvalue weighted by Crippen LogP contribution is 2.28. The smallest absolute Gasteiger partial charge is 0.228 e. The molecule has 3 atom stereocenters. The zero-order valence-electron chi connectivity index (χ0n) is 13.2. The molecule has 23 heavy (non-hydrogen) atoms. The van der Waals surface area contributed by atoms with E-state index in [4.69, 9.17) is 0 Å². The van der Waals surface area contributed by atoms with Gasteiger partial charge in [-0.05, 0) is 25.0 Å². The first-order valence-electron chi connectivity index (χ1n) is 7.77. The minimum atomic E-state index is -0.377. The lowest BCUT2D eigenvalue weighted by atomic mass is 9.98. The molecule has 3 rings (SSSR count). The molecule has 1 aliphatic rings. The Morgan fingerprint density at radius 3 is 2.74 bits per heavy atom. The average Bonchev–Trinajstić information content (AvgIpc) is 3.15. The predicted octanol–water partition coefficient (Wildman–Crippen LogP) is 2.02. The lowest BCUT2D eigenvalue weighted by Gasteiger charge is -2.17. The Kier molecular flexibility index (Phi) is 4.75. The molecule has 1 fully saturated rings. The molecule has 0 radical (unpaired) electrons. The molecule has 1 aromatic heterocycles. The first-order valence-corrected chi connectivity index (χ1v) is 8.65. The van der Waals surface area contributed by atoms with Crippen LogP contribution in [0.25, 0.3) is 10.4 Å². The van der Waals surface area contributed by atoms with E-state index < -0.39 is 0 Å². The van der Waals surface area contributed by atoms with E-state index >= 15 is 0 Å². The number of β-amino-alcohol motifs (C(OH)–C–C–N with tert-alkyl or cyclic N) is 1. The van der Waals surface area contributed by atoms with Gasteiger partial charge in [0.1, 0.15) is 0 Å². The zero-order valence-corrected chi connectivity index (χ0v) is 14.1. The van der Waals surface area contributed by atoms with Gasteiger partial charge in [0.05, 0.1) is 34.3 Å². The van der Waals surface area contributed by atoms with Gasteiger partial charge in [-0.25, -0.2) is 4.98 Å². The maximum absolute atomic E-state index is 12.3. The van der Waals surface area contributed by atoms with Crippen LogP contribution < -0.4 is 10.6 Å². The van der Waals surface area contributed by atoms with Gasteiger partial charge in [-0.15, -0.1) is 11.3 Å². The van der Waals surface area contributed by atoms with E-state index in [1.165, 1.54) is 0 Å². The summed E-state index contributed by atoms with van der Waals surface area (Å²) in [5.74, 6) is -0.260. The minimum absolute atomic E-state index is 0.0293. The summed E-state index contributed by atoms with van der Waals surface area (Å²) >= 11 is 1.62. The largest absolute Gasteiger partial charge is 0.392 e. The molecule has 2 heterocycles. The van der Waals surface area contributed by atoms with E-state index in [9.17, 15) is 9.90 Å². The van der Waals surface area contributed by atoms with E-state index in [0.717, 1.165) is 21.7 Å². The number of nitrogens with one attached hydrogen (secondary N) is 2. The Labute approximate surface area is 139 Å². The Hall–Kier alpha value is -1.76. The Morgan fingerprint density at radius 2 is 2.17 bits per heavy atom. The number of aryl methyl sites for hydroxylation is 1. The summed E-state index contributed by atoms with van der Waals surface area (Å²) in [6.07, 6.45) is 0.0406. The average molecular weight is 331 g/mol. The summed E-state index contributed by atoms with van der Waals surface area (Å²) < 4.78 is 0. The number of amides is 1. The van der Waals surface area contributed by atoms with Crippen LogP contribution in [0, 0.1) is 6.92 Å². The quantitative estimate of drug-likeness (QED) is 0.801. The van der Waals surface area contributed by atoms with Crippen LogP contribution in [0.2, 0.25) is 0 Å². The third kappa shape index (κ3) is 3.60. The van der Waals surface area contributed by atoms with Crippen molar-refractivity contribution < 1.29 is 9.90 Å². The number of rotatable bonds is 4. The van der Waals surface area contributed by atoms with Crippen molar-refractivity contribution in [2.45, 2.75) is 38.5 Å². The predicted molar refractivity (Wildman–Crippen MR) is 91.3 cm³/mol. The molecule has 0 unspecified atom stereocenters. The van der Waals surface area contributed by atoms with Crippen molar-refractivity contribution in [1.82, 2.24) is 15.6 Å². The minimum Gasteiger partial charge on any atom is -0.392 e. The highest BCUT2D eigenvalue weighted by Gasteiger charge is 2.25. The number of thiazole rings is 1. The molecule has 3 N–H and O–H groups in total. The van der Waals surface area contributed by atoms with Crippen molar-refractivity contribution in [3.8, 4) is 10.4 Å². The van der Waals surface area contributed by atoms with Crippen molar-refractivity contribution in [2.24, 2.45) is 0 Å². The molecule has 0 spiro atoms. The van der Waals surface area contributed by atoms with Crippen LogP contribution in [0.15, 0.2) is 29.8 Å². The molecule has 1 aromatic carbocycles. The maximum Gasteiger partial charge on any atom is 0.228 e. The van der Waals surface area contributed by atoms with E-state index in [1.807, 2.05) is 43.6 Å². The van der Waals surface area contributed by atoms with Gasteiger partial charge in [-0.2, -0.15) is 0 Å². The summed E-state index contributed by atoms with van der Waals surface area (Å²) in [7, 11) is 0. The van der Waals surface area contributed by atoms with Crippen LogP contribution in [0.5, 0.6) is 0 Å². The summed E-state index contributed by atoms with van der Waals surface area (Å²) in [5, 5.41) is 15.5. The topological polar surface area (TPSA) is 74.2 Å². The molecule has 1 amide bonds. The van der Waals surface area contributed by atoms with Gasteiger partial charge < -0.3 is 10.4 Å². The van der Waals surface area contributed by atoms with E-state index in [-0.39, 0.29) is 24.1 Å². The summed E-state index contributed by atoms with van der Waals surface area (Å²) in [5.41, 5.74) is 4.98. The molecular formula is C17H21N3O2S. The number of hydrogen-bond acceptors (Lipinski definition) is 5. The number of benzene rings is 1. The Morgan fingerprint density at radius 1 is 1.43 bits per heavy atom. The van der Waals surface area contributed by atoms with Crippen molar-refractivity contribution in [3.63, 3.8) is 0 Å². The van der Waals surface area contributed by atoms with E-state index in [1.54, 1.807) is 11.3 Å². The number of nitrogens with zero attached hydrogens (tertiary/aromatic N) is 1. The Balaban J connectivity index is 1.66. The maximum atomic E-state index is 12.3. The van der Waals surface area contributed by atoms with Crippen LogP contribution in [-0.4, -0.2) is 34.8 Å². The number of carbonyl (C=O) groups excluding carboxylic acids is 1. The standard InChI is InChI=1S/C17H21N3O2S/c1-10(17(22)20-15-7-14(21)8-18-15)12-3-5-13(6-4-12)16-11(2)19-9-23-16/h3-6,9-10,14-15,18,21H,7-8H2,1-2H3,(H,20,22)/t10-,14+,15-/m0/s1. The van der Waals surface area contributed by atoms with Crippen molar-refractivity contribution >= 4 is 17.2 Å². The Bertz CT molecular complexity index is 683. The summed E-state index contributed by atoms with van der Waals surface area (Å²) in [6, 6.07) is 8.07. The molecule has 1 aliphatic heterocycles. The second-order valence-electron chi connectivity index (χ2n) is 5.97. The van der Waals surface area contributed by atoms with E-state index in [2.05, 4.69) is 15.6 Å². The highest BCUT2D eigenvalue weighted by atomic mass is 32.1. The van der Waals surface area contributed by atoms with Crippen LogP contribution >= 0.6 is 11.3 Å². The van der Waals surface area contributed by atoms with Crippen LogP contribution in [0.1, 0.15) is 30.5 Å². The SMILES string of the molecule is Cc1ncsc1-c1ccc([C@H](C)C(=O)N[C@H]2C[C@@H](O)CN2)cc1. The number of aliphatic hydroxyl groups is 1. The normalized spacial score (nSPS) is 22.0. The summed E-state index contributed by atoms with van der Waals surface area (Å²) in [6.45, 7) is 4.43. The molecule has 0 aliphatic carbocycles. The molecule has 1 saturated heterocycles. The fourth-order valence-corrected chi connectivity index (χ4v) is 3.59. The monoisotopic (exact) mass is 331 g/mol. The van der Waals surface area contributed by atoms with Crippen LogP contribution in [0.3, 0.4) is 0 Å². The van der Waals surface area contributed by atoms with Gasteiger partial charge >= 0.3 is 0 Å². The molecule has 2 aromatic rings. The second kappa shape index (κ2) is 6.78. The fourth-order valence-electron chi connectivity index (χ4n) is 2.78. The molecular weight excluding hydrogens is 310 g/mol. The van der Waals surface area contributed by atoms with Gasteiger partial charge in [-0.3, -0.25) is 10.1 Å². The van der Waals surface area contributed by atoms with Gasteiger partial charge in [0.2, 0.25) is 5.91 Å². The summed E-state index contributed by atoms with van der Waals surface area (Å²) in [4.78, 5) is 17.8. The first-order chi connectivity index (χ1) is 11.0. The second-order valence-corrected chi connectivity index (χ2v) is 6.82. The molecule has 6 heteroatoms. The lowest BCUT2D eigenvalue weighted by molar-refractivity contribution is -0.123. The molecule has 5 nitrogen and oxygen atoms in total. The lowest BCUT2D eigenvalue weighted by Crippen LogP contribution is -2.43. The number of aromatic nitrogens is 1. The van der Waals surface area contributed by atoms with Gasteiger partial charge in [-0.1, -0.05) is 24.3 Å². The molecule has 0 bridgehead atoms. The number of hydrogen-bond donors (Lipinski definition) is 3. The first kappa shape index (κ1) is 16.1. The van der Waals surface area contributed by atoms with E-state index in [0.29, 0.717) is 13.0 Å². The van der Waals surface area contributed by atoms with Crippen LogP contribution in [0.4, 0.5) is 0 Å². The van der Waals surface area contributed by atoms with Crippen molar-refractivity contribution in [2.75, 3.05) is 6.54 Å². The fraction of sp³-hybridized carbons (Fsp3) is 0.412. The van der Waals surface area contributed by atoms with Crippen LogP contribution in [-0.2, 0) is 4.79 Å². The molecule has 0 saturated carbocycles. The zero-order chi connectivity index (χ0) is 16.4. The van der Waals surface area contributed by atoms with Gasteiger partial charge in [0.25, 0.3) is 0 Å². The third-order valence-electron chi connectivity index (χ3n) is 4.24. The third-order valence-corrected chi connectivity index (χ3v) is 5.21. The number of aliphatic hydroxyl groups excluding tert-OH is 1. The van der Waals surface area contributed by atoms with Crippen molar-refractivity contribution in [1.29, 1.82) is 0 Å². The molecule has 122 valence electrons. The highest BCUT2D eigenvalue weighted by molar-refractivity contribution is 7.13. The van der Waals surface area contributed by atoms with Gasteiger partial charge in [0, 0.05) is 13.0 Å². The van der Waals surface area contributed by atoms with Crippen molar-refractivity contribution in [3.05, 3.63) is 41.0 Å². The van der Waals surface area contributed by atoms with Gasteiger partial charge in [0.15, 0.2) is 0 Å².